The van der Waals surface area contributed by atoms with Gasteiger partial charge in [-0.1, -0.05) is 42.5 Å². The van der Waals surface area contributed by atoms with Crippen molar-refractivity contribution in [1.82, 2.24) is 4.90 Å². The molecule has 1 N–H and O–H groups in total. The van der Waals surface area contributed by atoms with Crippen molar-refractivity contribution < 1.29 is 5.11 Å². The Labute approximate surface area is 121 Å². The summed E-state index contributed by atoms with van der Waals surface area (Å²) in [5.41, 5.74) is 1.61. The molecule has 0 radical (unpaired) electrons. The van der Waals surface area contributed by atoms with Gasteiger partial charge in [-0.15, -0.1) is 0 Å². The summed E-state index contributed by atoms with van der Waals surface area (Å²) in [7, 11) is 2.16. The monoisotopic (exact) mass is 269 g/mol. The highest BCUT2D eigenvalue weighted by Crippen LogP contribution is 2.45. The van der Waals surface area contributed by atoms with Crippen LogP contribution in [0.5, 0.6) is 0 Å². The van der Waals surface area contributed by atoms with Crippen LogP contribution in [-0.2, 0) is 6.42 Å². The third-order valence-corrected chi connectivity index (χ3v) is 4.49. The Bertz CT molecular complexity index is 589. The Morgan fingerprint density at radius 1 is 1.10 bits per heavy atom. The molecule has 0 spiro atoms. The molecule has 1 aliphatic carbocycles. The highest BCUT2D eigenvalue weighted by Gasteiger charge is 2.42. The largest absolute Gasteiger partial charge is 0.396 e. The van der Waals surface area contributed by atoms with E-state index in [0.29, 0.717) is 6.61 Å². The predicted molar refractivity (Wildman–Crippen MR) is 83.9 cm³/mol. The molecule has 1 saturated carbocycles. The molecule has 1 aliphatic rings. The van der Waals surface area contributed by atoms with Crippen molar-refractivity contribution in [2.75, 3.05) is 26.7 Å². The van der Waals surface area contributed by atoms with Crippen LogP contribution in [0.15, 0.2) is 42.5 Å². The van der Waals surface area contributed by atoms with Crippen LogP contribution >= 0.6 is 0 Å². The van der Waals surface area contributed by atoms with Crippen LogP contribution in [-0.4, -0.2) is 36.8 Å². The summed E-state index contributed by atoms with van der Waals surface area (Å²) >= 11 is 0. The fraction of sp³-hybridized carbons (Fsp3) is 0.444. The van der Waals surface area contributed by atoms with Crippen molar-refractivity contribution in [2.45, 2.75) is 19.3 Å². The minimum Gasteiger partial charge on any atom is -0.396 e. The zero-order valence-corrected chi connectivity index (χ0v) is 12.2. The molecule has 2 aromatic carbocycles. The minimum atomic E-state index is 0.220. The molecule has 0 unspecified atom stereocenters. The third kappa shape index (κ3) is 3.02. The highest BCUT2D eigenvalue weighted by molar-refractivity contribution is 5.82. The van der Waals surface area contributed by atoms with Gasteiger partial charge in [0.15, 0.2) is 0 Å². The fourth-order valence-electron chi connectivity index (χ4n) is 2.91. The summed E-state index contributed by atoms with van der Waals surface area (Å²) in [5.74, 6) is 0. The molecule has 0 aliphatic heterocycles. The lowest BCUT2D eigenvalue weighted by Gasteiger charge is -2.22. The molecule has 2 heteroatoms. The average Bonchev–Trinajstić information content (AvgIpc) is 3.25. The van der Waals surface area contributed by atoms with Gasteiger partial charge >= 0.3 is 0 Å². The Hall–Kier alpha value is -1.38. The van der Waals surface area contributed by atoms with Gasteiger partial charge in [-0.3, -0.25) is 0 Å². The van der Waals surface area contributed by atoms with E-state index < -0.39 is 0 Å². The zero-order valence-electron chi connectivity index (χ0n) is 12.2. The van der Waals surface area contributed by atoms with Gasteiger partial charge in [0.25, 0.3) is 0 Å². The van der Waals surface area contributed by atoms with Crippen molar-refractivity contribution in [1.29, 1.82) is 0 Å². The van der Waals surface area contributed by atoms with Crippen molar-refractivity contribution in [3.05, 3.63) is 48.0 Å². The standard InChI is InChI=1S/C18H23NO/c1-19(13-18(14-20)9-10-18)11-8-15-6-7-16-4-2-3-5-17(16)12-15/h2-7,12,20H,8-11,13-14H2,1H3. The summed E-state index contributed by atoms with van der Waals surface area (Å²) in [6, 6.07) is 15.2. The minimum absolute atomic E-state index is 0.220. The molecular weight excluding hydrogens is 246 g/mol. The van der Waals surface area contributed by atoms with Gasteiger partial charge in [-0.2, -0.15) is 0 Å². The van der Waals surface area contributed by atoms with E-state index in [9.17, 15) is 5.11 Å². The van der Waals surface area contributed by atoms with Crippen LogP contribution in [0.3, 0.4) is 0 Å². The topological polar surface area (TPSA) is 23.5 Å². The van der Waals surface area contributed by atoms with Gasteiger partial charge in [0, 0.05) is 25.1 Å². The number of rotatable bonds is 6. The molecule has 0 saturated heterocycles. The van der Waals surface area contributed by atoms with E-state index in [4.69, 9.17) is 0 Å². The second-order valence-corrected chi connectivity index (χ2v) is 6.33. The average molecular weight is 269 g/mol. The van der Waals surface area contributed by atoms with Crippen LogP contribution in [0, 0.1) is 5.41 Å². The lowest BCUT2D eigenvalue weighted by atomic mass is 10.0. The van der Waals surface area contributed by atoms with E-state index in [-0.39, 0.29) is 5.41 Å². The first-order valence-electron chi connectivity index (χ1n) is 7.48. The van der Waals surface area contributed by atoms with E-state index in [1.807, 2.05) is 0 Å². The van der Waals surface area contributed by atoms with Crippen LogP contribution in [0.4, 0.5) is 0 Å². The number of benzene rings is 2. The molecule has 1 fully saturated rings. The Kier molecular flexibility index (Phi) is 3.77. The van der Waals surface area contributed by atoms with E-state index in [1.54, 1.807) is 0 Å². The number of aliphatic hydroxyl groups excluding tert-OH is 1. The van der Waals surface area contributed by atoms with Crippen LogP contribution < -0.4 is 0 Å². The van der Waals surface area contributed by atoms with E-state index in [0.717, 1.165) is 19.5 Å². The first-order valence-corrected chi connectivity index (χ1v) is 7.48. The van der Waals surface area contributed by atoms with Crippen LogP contribution in [0.25, 0.3) is 10.8 Å². The van der Waals surface area contributed by atoms with E-state index >= 15 is 0 Å². The molecule has 2 nitrogen and oxygen atoms in total. The second-order valence-electron chi connectivity index (χ2n) is 6.33. The lowest BCUT2D eigenvalue weighted by molar-refractivity contribution is 0.165. The Balaban J connectivity index is 1.59. The zero-order chi connectivity index (χ0) is 14.0. The van der Waals surface area contributed by atoms with Crippen LogP contribution in [0.1, 0.15) is 18.4 Å². The molecule has 0 heterocycles. The summed E-state index contributed by atoms with van der Waals surface area (Å²) in [5, 5.41) is 12.0. The van der Waals surface area contributed by atoms with Gasteiger partial charge in [0.05, 0.1) is 0 Å². The molecule has 0 bridgehead atoms. The molecular formula is C18H23NO. The number of nitrogens with zero attached hydrogens (tertiary/aromatic N) is 1. The van der Waals surface area contributed by atoms with Gasteiger partial charge in [-0.05, 0) is 42.6 Å². The Morgan fingerprint density at radius 3 is 2.55 bits per heavy atom. The lowest BCUT2D eigenvalue weighted by Crippen LogP contribution is -2.30. The number of hydrogen-bond donors (Lipinski definition) is 1. The van der Waals surface area contributed by atoms with Gasteiger partial charge < -0.3 is 10.0 Å². The third-order valence-electron chi connectivity index (χ3n) is 4.49. The summed E-state index contributed by atoms with van der Waals surface area (Å²) in [4.78, 5) is 2.36. The van der Waals surface area contributed by atoms with E-state index in [2.05, 4.69) is 54.4 Å². The number of fused-ring (bicyclic) bond motifs is 1. The van der Waals surface area contributed by atoms with Crippen molar-refractivity contribution >= 4 is 10.8 Å². The number of likely N-dealkylation sites (N-methyl/N-ethyl adjacent to an activating group) is 1. The first-order chi connectivity index (χ1) is 9.71. The maximum atomic E-state index is 9.38. The SMILES string of the molecule is CN(CCc1ccc2ccccc2c1)CC1(CO)CC1. The number of hydrogen-bond acceptors (Lipinski definition) is 2. The van der Waals surface area contributed by atoms with Crippen LogP contribution in [0.2, 0.25) is 0 Å². The molecule has 0 aromatic heterocycles. The molecule has 0 amide bonds. The molecule has 3 rings (SSSR count). The Morgan fingerprint density at radius 2 is 1.85 bits per heavy atom. The van der Waals surface area contributed by atoms with Gasteiger partial charge in [0.1, 0.15) is 0 Å². The summed E-state index contributed by atoms with van der Waals surface area (Å²) in [6.07, 6.45) is 3.44. The normalized spacial score (nSPS) is 16.8. The molecule has 0 atom stereocenters. The predicted octanol–water partition coefficient (Wildman–Crippen LogP) is 3.09. The second kappa shape index (κ2) is 5.55. The molecule has 106 valence electrons. The van der Waals surface area contributed by atoms with Crippen molar-refractivity contribution in [3.8, 4) is 0 Å². The smallest absolute Gasteiger partial charge is 0.0499 e. The van der Waals surface area contributed by atoms with E-state index in [1.165, 1.54) is 29.2 Å². The van der Waals surface area contributed by atoms with Crippen molar-refractivity contribution in [2.24, 2.45) is 5.41 Å². The molecule has 20 heavy (non-hydrogen) atoms. The first kappa shape index (κ1) is 13.6. The maximum absolute atomic E-state index is 9.38. The van der Waals surface area contributed by atoms with Crippen molar-refractivity contribution in [3.63, 3.8) is 0 Å². The quantitative estimate of drug-likeness (QED) is 0.871. The fourth-order valence-corrected chi connectivity index (χ4v) is 2.91. The van der Waals surface area contributed by atoms with Gasteiger partial charge in [-0.25, -0.2) is 0 Å². The molecule has 2 aromatic rings. The summed E-state index contributed by atoms with van der Waals surface area (Å²) in [6.45, 7) is 2.42. The van der Waals surface area contributed by atoms with Gasteiger partial charge in [0.2, 0.25) is 0 Å². The summed E-state index contributed by atoms with van der Waals surface area (Å²) < 4.78 is 0. The maximum Gasteiger partial charge on any atom is 0.0499 e. The highest BCUT2D eigenvalue weighted by atomic mass is 16.3. The number of aliphatic hydroxyl groups is 1.